The van der Waals surface area contributed by atoms with Crippen molar-refractivity contribution in [2.75, 3.05) is 46.6 Å². The SMILES string of the molecule is C[C@@H]1COCCN1c1cc(-c2ccc(N3CCCCS3(=O)=O)cc2F)c(C=N)c(Nc2ccn[nH]2)n1. The predicted molar refractivity (Wildman–Crippen MR) is 137 cm³/mol. The van der Waals surface area contributed by atoms with Crippen molar-refractivity contribution in [1.29, 1.82) is 5.41 Å². The molecule has 3 aromatic rings. The van der Waals surface area contributed by atoms with E-state index in [1.165, 1.54) is 10.4 Å². The highest BCUT2D eigenvalue weighted by molar-refractivity contribution is 7.92. The van der Waals surface area contributed by atoms with Crippen molar-refractivity contribution >= 4 is 39.4 Å². The van der Waals surface area contributed by atoms with Crippen molar-refractivity contribution < 1.29 is 17.5 Å². The second kappa shape index (κ2) is 9.86. The number of anilines is 4. The number of nitrogens with zero attached hydrogens (tertiary/aromatic N) is 4. The van der Waals surface area contributed by atoms with Gasteiger partial charge in [-0.3, -0.25) is 9.40 Å². The topological polar surface area (TPSA) is 127 Å². The van der Waals surface area contributed by atoms with Crippen LogP contribution in [0.5, 0.6) is 0 Å². The number of rotatable bonds is 6. The Labute approximate surface area is 209 Å². The van der Waals surface area contributed by atoms with E-state index >= 15 is 4.39 Å². The first kappa shape index (κ1) is 24.2. The van der Waals surface area contributed by atoms with Gasteiger partial charge in [0.1, 0.15) is 23.3 Å². The largest absolute Gasteiger partial charge is 0.377 e. The molecule has 190 valence electrons. The number of aromatic amines is 1. The molecule has 12 heteroatoms. The lowest BCUT2D eigenvalue weighted by Crippen LogP contribution is -2.44. The van der Waals surface area contributed by atoms with Crippen molar-refractivity contribution in [3.05, 3.63) is 47.9 Å². The third-order valence-electron chi connectivity index (χ3n) is 6.49. The molecule has 2 fully saturated rings. The lowest BCUT2D eigenvalue weighted by Gasteiger charge is -2.35. The first-order chi connectivity index (χ1) is 17.4. The van der Waals surface area contributed by atoms with Crippen LogP contribution in [0.25, 0.3) is 11.1 Å². The minimum atomic E-state index is -3.46. The van der Waals surface area contributed by atoms with E-state index in [0.717, 1.165) is 12.6 Å². The molecule has 0 unspecified atom stereocenters. The van der Waals surface area contributed by atoms with Gasteiger partial charge in [0.15, 0.2) is 0 Å². The minimum Gasteiger partial charge on any atom is -0.377 e. The third-order valence-corrected chi connectivity index (χ3v) is 8.35. The number of nitrogens with one attached hydrogen (secondary N) is 3. The molecule has 36 heavy (non-hydrogen) atoms. The van der Waals surface area contributed by atoms with E-state index in [2.05, 4.69) is 20.4 Å². The van der Waals surface area contributed by atoms with Gasteiger partial charge in [-0.1, -0.05) is 0 Å². The van der Waals surface area contributed by atoms with Crippen LogP contribution in [-0.2, 0) is 14.8 Å². The lowest BCUT2D eigenvalue weighted by atomic mass is 9.99. The zero-order valence-electron chi connectivity index (χ0n) is 19.9. The van der Waals surface area contributed by atoms with Crippen LogP contribution in [0.15, 0.2) is 36.5 Å². The molecule has 0 bridgehead atoms. The third kappa shape index (κ3) is 4.65. The minimum absolute atomic E-state index is 0.0569. The Balaban J connectivity index is 1.61. The molecule has 2 aliphatic heterocycles. The van der Waals surface area contributed by atoms with Gasteiger partial charge in [0, 0.05) is 42.1 Å². The average molecular weight is 514 g/mol. The Kier molecular flexibility index (Phi) is 6.63. The summed E-state index contributed by atoms with van der Waals surface area (Å²) in [7, 11) is -3.46. The maximum Gasteiger partial charge on any atom is 0.235 e. The molecular weight excluding hydrogens is 485 g/mol. The Bertz CT molecular complexity index is 1360. The van der Waals surface area contributed by atoms with Crippen molar-refractivity contribution in [3.8, 4) is 11.1 Å². The normalized spacial score (nSPS) is 19.8. The highest BCUT2D eigenvalue weighted by Gasteiger charge is 2.28. The number of aromatic nitrogens is 3. The van der Waals surface area contributed by atoms with E-state index < -0.39 is 15.8 Å². The number of hydrogen-bond acceptors (Lipinski definition) is 8. The molecule has 0 aliphatic carbocycles. The van der Waals surface area contributed by atoms with E-state index in [4.69, 9.17) is 15.1 Å². The summed E-state index contributed by atoms with van der Waals surface area (Å²) in [6.07, 6.45) is 4.06. The second-order valence-corrected chi connectivity index (χ2v) is 10.9. The van der Waals surface area contributed by atoms with Crippen molar-refractivity contribution in [2.24, 2.45) is 0 Å². The summed E-state index contributed by atoms with van der Waals surface area (Å²) in [4.78, 5) is 6.86. The molecule has 1 aromatic carbocycles. The Morgan fingerprint density at radius 3 is 2.78 bits per heavy atom. The van der Waals surface area contributed by atoms with Crippen LogP contribution in [0.1, 0.15) is 25.3 Å². The summed E-state index contributed by atoms with van der Waals surface area (Å²) < 4.78 is 47.5. The van der Waals surface area contributed by atoms with Crippen LogP contribution in [0.2, 0.25) is 0 Å². The molecule has 2 aromatic heterocycles. The van der Waals surface area contributed by atoms with Gasteiger partial charge in [0.25, 0.3) is 0 Å². The fourth-order valence-corrected chi connectivity index (χ4v) is 6.26. The summed E-state index contributed by atoms with van der Waals surface area (Å²) in [6.45, 7) is 4.07. The smallest absolute Gasteiger partial charge is 0.235 e. The van der Waals surface area contributed by atoms with Gasteiger partial charge >= 0.3 is 0 Å². The number of sulfonamides is 1. The molecule has 3 N–H and O–H groups in total. The highest BCUT2D eigenvalue weighted by Crippen LogP contribution is 2.36. The number of hydrogen-bond donors (Lipinski definition) is 3. The van der Waals surface area contributed by atoms with Crippen LogP contribution in [0, 0.1) is 11.2 Å². The van der Waals surface area contributed by atoms with Crippen LogP contribution in [-0.4, -0.2) is 67.9 Å². The summed E-state index contributed by atoms with van der Waals surface area (Å²) in [5, 5.41) is 18.0. The molecule has 2 aliphatic rings. The first-order valence-electron chi connectivity index (χ1n) is 11.8. The maximum atomic E-state index is 15.6. The number of benzene rings is 1. The van der Waals surface area contributed by atoms with E-state index in [1.54, 1.807) is 30.5 Å². The van der Waals surface area contributed by atoms with Gasteiger partial charge in [-0.15, -0.1) is 0 Å². The number of ether oxygens (including phenoxy) is 1. The Morgan fingerprint density at radius 2 is 2.08 bits per heavy atom. The molecule has 1 atom stereocenters. The molecule has 2 saturated heterocycles. The zero-order chi connectivity index (χ0) is 25.3. The van der Waals surface area contributed by atoms with E-state index in [1.807, 2.05) is 6.92 Å². The molecular formula is C24H28FN7O3S. The molecule has 10 nitrogen and oxygen atoms in total. The Morgan fingerprint density at radius 1 is 1.22 bits per heavy atom. The number of pyridine rings is 1. The van der Waals surface area contributed by atoms with Crippen LogP contribution < -0.4 is 14.5 Å². The van der Waals surface area contributed by atoms with Gasteiger partial charge in [-0.2, -0.15) is 5.10 Å². The summed E-state index contributed by atoms with van der Waals surface area (Å²) in [6, 6.07) is 8.01. The predicted octanol–water partition coefficient (Wildman–Crippen LogP) is 3.51. The molecule has 5 rings (SSSR count). The molecule has 4 heterocycles. The fraction of sp³-hybridized carbons (Fsp3) is 0.375. The van der Waals surface area contributed by atoms with Crippen molar-refractivity contribution in [1.82, 2.24) is 15.2 Å². The molecule has 0 amide bonds. The monoisotopic (exact) mass is 513 g/mol. The van der Waals surface area contributed by atoms with Gasteiger partial charge in [-0.25, -0.2) is 17.8 Å². The van der Waals surface area contributed by atoms with E-state index in [0.29, 0.717) is 67.0 Å². The first-order valence-corrected chi connectivity index (χ1v) is 13.4. The summed E-state index contributed by atoms with van der Waals surface area (Å²) in [5.41, 5.74) is 1.43. The van der Waals surface area contributed by atoms with Crippen molar-refractivity contribution in [3.63, 3.8) is 0 Å². The maximum absolute atomic E-state index is 15.6. The van der Waals surface area contributed by atoms with Gasteiger partial charge in [0.2, 0.25) is 10.0 Å². The second-order valence-electron chi connectivity index (χ2n) is 8.91. The standard InChI is InChI=1S/C24H28FN7O3S/c1-16-15-35-10-9-31(16)23-13-19(20(14-26)24(29-23)28-22-6-7-27-30-22)18-5-4-17(12-21(18)25)32-8-2-3-11-36(32,33)34/h4-7,12-14,16,26H,2-3,8-11,15H2,1H3,(H2,27,28,29,30)/t16-/m1/s1. The van der Waals surface area contributed by atoms with E-state index in [-0.39, 0.29) is 17.4 Å². The summed E-state index contributed by atoms with van der Waals surface area (Å²) in [5.74, 6) is 1.06. The lowest BCUT2D eigenvalue weighted by molar-refractivity contribution is 0.0985. The Hall–Kier alpha value is -3.51. The fourth-order valence-electron chi connectivity index (χ4n) is 4.63. The molecule has 0 saturated carbocycles. The zero-order valence-corrected chi connectivity index (χ0v) is 20.7. The van der Waals surface area contributed by atoms with Crippen LogP contribution >= 0.6 is 0 Å². The van der Waals surface area contributed by atoms with Crippen LogP contribution in [0.4, 0.5) is 27.5 Å². The molecule has 0 radical (unpaired) electrons. The average Bonchev–Trinajstić information content (AvgIpc) is 3.37. The van der Waals surface area contributed by atoms with Gasteiger partial charge in [-0.05, 0) is 44.0 Å². The number of morpholine rings is 1. The van der Waals surface area contributed by atoms with E-state index in [9.17, 15) is 8.42 Å². The van der Waals surface area contributed by atoms with Crippen molar-refractivity contribution in [2.45, 2.75) is 25.8 Å². The summed E-state index contributed by atoms with van der Waals surface area (Å²) >= 11 is 0. The van der Waals surface area contributed by atoms with Gasteiger partial charge < -0.3 is 20.4 Å². The molecule has 0 spiro atoms. The number of H-pyrrole nitrogens is 1. The highest BCUT2D eigenvalue weighted by atomic mass is 32.2. The van der Waals surface area contributed by atoms with Gasteiger partial charge in [0.05, 0.1) is 36.9 Å². The quantitative estimate of drug-likeness (QED) is 0.431. The van der Waals surface area contributed by atoms with Crippen LogP contribution in [0.3, 0.4) is 0 Å². The number of halogens is 1.